The summed E-state index contributed by atoms with van der Waals surface area (Å²) >= 11 is 0. The first-order chi connectivity index (χ1) is 15.7. The Morgan fingerprint density at radius 1 is 1.03 bits per heavy atom. The van der Waals surface area contributed by atoms with Gasteiger partial charge in [-0.3, -0.25) is 4.68 Å². The summed E-state index contributed by atoms with van der Waals surface area (Å²) in [5, 5.41) is 11.7. The van der Waals surface area contributed by atoms with Crippen LogP contribution < -0.4 is 0 Å². The van der Waals surface area contributed by atoms with Crippen molar-refractivity contribution >= 4 is 17.0 Å². The second kappa shape index (κ2) is 8.88. The number of aliphatic carboxylic acids is 1. The number of benzene rings is 2. The topological polar surface area (TPSA) is 83.8 Å². The van der Waals surface area contributed by atoms with E-state index in [-0.39, 0.29) is 11.0 Å². The quantitative estimate of drug-likeness (QED) is 0.353. The van der Waals surface area contributed by atoms with Gasteiger partial charge in [-0.1, -0.05) is 32.9 Å². The van der Waals surface area contributed by atoms with E-state index < -0.39 is 23.8 Å². The molecule has 0 spiro atoms. The lowest BCUT2D eigenvalue weighted by Crippen LogP contribution is -2.21. The van der Waals surface area contributed by atoms with Gasteiger partial charge in [0.15, 0.2) is 5.82 Å². The standard InChI is InChI=1S/C21H20F2N4.C2HF3O2/c1-21(2,3)18-11-17(27(4)26-18)20-24-15-9-8-12(10-16(15)25-20)19-13(22)6-5-7-14(19)23;3-2(4,5)1(6)7/h5-11H,1-4H3,(H,24,25);(H,6,7). The average molecular weight is 480 g/mol. The van der Waals surface area contributed by atoms with Crippen molar-refractivity contribution in [1.82, 2.24) is 19.7 Å². The number of imidazole rings is 1. The number of hydrogen-bond donors (Lipinski definition) is 2. The van der Waals surface area contributed by atoms with Crippen LogP contribution >= 0.6 is 0 Å². The van der Waals surface area contributed by atoms with E-state index in [0.29, 0.717) is 16.9 Å². The highest BCUT2D eigenvalue weighted by atomic mass is 19.4. The van der Waals surface area contributed by atoms with Gasteiger partial charge in [0.1, 0.15) is 17.3 Å². The lowest BCUT2D eigenvalue weighted by atomic mass is 9.92. The fourth-order valence-corrected chi connectivity index (χ4v) is 3.11. The highest BCUT2D eigenvalue weighted by Gasteiger charge is 2.38. The smallest absolute Gasteiger partial charge is 0.475 e. The van der Waals surface area contributed by atoms with Crippen LogP contribution in [0.2, 0.25) is 0 Å². The molecule has 0 saturated heterocycles. The number of H-pyrrole nitrogens is 1. The minimum atomic E-state index is -5.08. The third-order valence-corrected chi connectivity index (χ3v) is 4.87. The molecule has 34 heavy (non-hydrogen) atoms. The van der Waals surface area contributed by atoms with Crippen molar-refractivity contribution in [2.24, 2.45) is 7.05 Å². The molecule has 2 N–H and O–H groups in total. The van der Waals surface area contributed by atoms with E-state index in [1.54, 1.807) is 22.9 Å². The van der Waals surface area contributed by atoms with Crippen LogP contribution in [0.25, 0.3) is 33.7 Å². The fourth-order valence-electron chi connectivity index (χ4n) is 3.11. The van der Waals surface area contributed by atoms with Crippen LogP contribution in [0.3, 0.4) is 0 Å². The highest BCUT2D eigenvalue weighted by Crippen LogP contribution is 2.30. The van der Waals surface area contributed by atoms with Crippen molar-refractivity contribution in [1.29, 1.82) is 0 Å². The van der Waals surface area contributed by atoms with E-state index in [1.807, 2.05) is 13.1 Å². The van der Waals surface area contributed by atoms with Gasteiger partial charge in [0, 0.05) is 12.5 Å². The Hall–Kier alpha value is -3.76. The van der Waals surface area contributed by atoms with E-state index in [0.717, 1.165) is 16.9 Å². The molecule has 0 atom stereocenters. The van der Waals surface area contributed by atoms with E-state index in [4.69, 9.17) is 9.90 Å². The van der Waals surface area contributed by atoms with E-state index in [1.165, 1.54) is 18.2 Å². The second-order valence-electron chi connectivity index (χ2n) is 8.51. The molecule has 2 aromatic heterocycles. The third-order valence-electron chi connectivity index (χ3n) is 4.87. The van der Waals surface area contributed by atoms with Gasteiger partial charge in [0.05, 0.1) is 22.3 Å². The van der Waals surface area contributed by atoms with Crippen LogP contribution in [0.4, 0.5) is 22.0 Å². The largest absolute Gasteiger partial charge is 0.490 e. The second-order valence-corrected chi connectivity index (χ2v) is 8.51. The minimum absolute atomic E-state index is 0.0421. The zero-order valence-electron chi connectivity index (χ0n) is 18.6. The van der Waals surface area contributed by atoms with Crippen LogP contribution in [0.5, 0.6) is 0 Å². The molecule has 0 aliphatic heterocycles. The minimum Gasteiger partial charge on any atom is -0.475 e. The Morgan fingerprint density at radius 2 is 1.62 bits per heavy atom. The third kappa shape index (κ3) is 5.24. The molecule has 0 bridgehead atoms. The molecular formula is C23H21F5N4O2. The number of nitrogens with zero attached hydrogens (tertiary/aromatic N) is 3. The van der Waals surface area contributed by atoms with Gasteiger partial charge in [-0.15, -0.1) is 0 Å². The number of aromatic nitrogens is 4. The zero-order chi connectivity index (χ0) is 25.4. The number of nitrogens with one attached hydrogen (secondary N) is 1. The maximum Gasteiger partial charge on any atom is 0.490 e. The number of carbonyl (C=O) groups is 1. The molecule has 0 radical (unpaired) electrons. The zero-order valence-corrected chi connectivity index (χ0v) is 18.6. The van der Waals surface area contributed by atoms with Gasteiger partial charge in [0.2, 0.25) is 0 Å². The number of rotatable bonds is 2. The summed E-state index contributed by atoms with van der Waals surface area (Å²) in [6.45, 7) is 6.31. The number of fused-ring (bicyclic) bond motifs is 1. The van der Waals surface area contributed by atoms with Crippen LogP contribution in [0, 0.1) is 11.6 Å². The highest BCUT2D eigenvalue weighted by molar-refractivity contribution is 5.84. The molecule has 0 saturated carbocycles. The molecule has 0 amide bonds. The van der Waals surface area contributed by atoms with Crippen molar-refractivity contribution in [3.8, 4) is 22.6 Å². The predicted molar refractivity (Wildman–Crippen MR) is 116 cm³/mol. The van der Waals surface area contributed by atoms with Gasteiger partial charge in [0.25, 0.3) is 0 Å². The van der Waals surface area contributed by atoms with E-state index in [9.17, 15) is 22.0 Å². The summed E-state index contributed by atoms with van der Waals surface area (Å²) in [6, 6.07) is 11.0. The molecule has 11 heteroatoms. The molecule has 0 fully saturated rings. The van der Waals surface area contributed by atoms with Crippen molar-refractivity contribution in [2.75, 3.05) is 0 Å². The van der Waals surface area contributed by atoms with Crippen molar-refractivity contribution in [3.05, 3.63) is 59.8 Å². The Kier molecular flexibility index (Phi) is 6.50. The van der Waals surface area contributed by atoms with Crippen molar-refractivity contribution < 1.29 is 31.9 Å². The Labute approximate surface area is 191 Å². The van der Waals surface area contributed by atoms with Crippen LogP contribution in [-0.4, -0.2) is 37.0 Å². The normalized spacial score (nSPS) is 11.9. The maximum absolute atomic E-state index is 14.1. The summed E-state index contributed by atoms with van der Waals surface area (Å²) in [6.07, 6.45) is -5.08. The number of aryl methyl sites for hydroxylation is 1. The number of hydrogen-bond acceptors (Lipinski definition) is 3. The number of aromatic amines is 1. The number of carboxylic acids is 1. The lowest BCUT2D eigenvalue weighted by Gasteiger charge is -2.13. The average Bonchev–Trinajstić information content (AvgIpc) is 3.30. The molecule has 0 aliphatic rings. The first kappa shape index (κ1) is 24.9. The van der Waals surface area contributed by atoms with Crippen LogP contribution in [0.1, 0.15) is 26.5 Å². The molecule has 2 aromatic carbocycles. The maximum atomic E-state index is 14.1. The van der Waals surface area contributed by atoms with Crippen molar-refractivity contribution in [2.45, 2.75) is 32.4 Å². The summed E-state index contributed by atoms with van der Waals surface area (Å²) in [7, 11) is 1.87. The van der Waals surface area contributed by atoms with E-state index in [2.05, 4.69) is 35.8 Å². The summed E-state index contributed by atoms with van der Waals surface area (Å²) in [4.78, 5) is 16.8. The van der Waals surface area contributed by atoms with Crippen LogP contribution in [0.15, 0.2) is 42.5 Å². The molecular weight excluding hydrogens is 459 g/mol. The lowest BCUT2D eigenvalue weighted by molar-refractivity contribution is -0.192. The number of halogens is 5. The summed E-state index contributed by atoms with van der Waals surface area (Å²) in [5.41, 5.74) is 3.60. The van der Waals surface area contributed by atoms with Gasteiger partial charge < -0.3 is 10.1 Å². The Bertz CT molecular complexity index is 1330. The number of carboxylic acid groups (broad SMARTS) is 1. The van der Waals surface area contributed by atoms with Crippen molar-refractivity contribution in [3.63, 3.8) is 0 Å². The predicted octanol–water partition coefficient (Wildman–Crippen LogP) is 5.84. The molecule has 4 aromatic rings. The Balaban J connectivity index is 0.000000406. The first-order valence-corrected chi connectivity index (χ1v) is 9.97. The Morgan fingerprint density at radius 3 is 2.12 bits per heavy atom. The van der Waals surface area contributed by atoms with E-state index >= 15 is 0 Å². The monoisotopic (exact) mass is 480 g/mol. The van der Waals surface area contributed by atoms with Gasteiger partial charge in [-0.05, 0) is 35.9 Å². The fraction of sp³-hybridized carbons (Fsp3) is 0.261. The molecule has 0 aliphatic carbocycles. The first-order valence-electron chi connectivity index (χ1n) is 9.97. The molecule has 4 rings (SSSR count). The molecule has 6 nitrogen and oxygen atoms in total. The summed E-state index contributed by atoms with van der Waals surface area (Å²) < 4.78 is 61.7. The molecule has 180 valence electrons. The molecule has 2 heterocycles. The summed E-state index contributed by atoms with van der Waals surface area (Å²) in [5.74, 6) is -3.27. The van der Waals surface area contributed by atoms with Gasteiger partial charge >= 0.3 is 12.1 Å². The van der Waals surface area contributed by atoms with Gasteiger partial charge in [-0.25, -0.2) is 18.6 Å². The van der Waals surface area contributed by atoms with Gasteiger partial charge in [-0.2, -0.15) is 18.3 Å². The SMILES string of the molecule is Cn1nc(C(C)(C)C)cc1-c1nc2cc(-c3c(F)cccc3F)ccc2[nH]1.O=C(O)C(F)(F)F. The molecule has 0 unspecified atom stereocenters. The number of alkyl halides is 3. The van der Waals surface area contributed by atoms with Crippen LogP contribution in [-0.2, 0) is 17.3 Å².